The van der Waals surface area contributed by atoms with Crippen molar-refractivity contribution in [3.8, 4) is 5.75 Å². The van der Waals surface area contributed by atoms with E-state index >= 15 is 0 Å². The number of methoxy groups -OCH3 is 1. The van der Waals surface area contributed by atoms with Gasteiger partial charge >= 0.3 is 0 Å². The molecule has 0 unspecified atom stereocenters. The summed E-state index contributed by atoms with van der Waals surface area (Å²) in [5.41, 5.74) is 1.80. The summed E-state index contributed by atoms with van der Waals surface area (Å²) in [5.74, 6) is 1.70. The third kappa shape index (κ3) is 3.80. The molecule has 0 bridgehead atoms. The average molecular weight is 261 g/mol. The van der Waals surface area contributed by atoms with Crippen molar-refractivity contribution in [2.45, 2.75) is 32.2 Å². The molecular weight excluding hydrogens is 238 g/mol. The summed E-state index contributed by atoms with van der Waals surface area (Å²) in [5, 5.41) is 0. The first kappa shape index (κ1) is 14.1. The zero-order valence-corrected chi connectivity index (χ0v) is 11.9. The van der Waals surface area contributed by atoms with Gasteiger partial charge in [-0.3, -0.25) is 4.79 Å². The fraction of sp³-hybridized carbons (Fsp3) is 0.562. The molecule has 104 valence electrons. The van der Waals surface area contributed by atoms with Gasteiger partial charge < -0.3 is 9.64 Å². The van der Waals surface area contributed by atoms with Crippen molar-refractivity contribution in [2.75, 3.05) is 20.7 Å². The topological polar surface area (TPSA) is 29.5 Å². The molecule has 0 saturated heterocycles. The summed E-state index contributed by atoms with van der Waals surface area (Å²) < 4.78 is 5.37. The molecule has 0 radical (unpaired) electrons. The highest BCUT2D eigenvalue weighted by molar-refractivity contribution is 5.75. The number of hydrogen-bond acceptors (Lipinski definition) is 3. The number of benzene rings is 1. The van der Waals surface area contributed by atoms with E-state index in [0.29, 0.717) is 5.56 Å². The molecule has 3 heteroatoms. The lowest BCUT2D eigenvalue weighted by Crippen LogP contribution is -2.24. The third-order valence-electron chi connectivity index (χ3n) is 3.93. The minimum Gasteiger partial charge on any atom is -0.496 e. The molecule has 1 aliphatic carbocycles. The summed E-state index contributed by atoms with van der Waals surface area (Å²) in [6.07, 6.45) is 6.36. The maximum atomic E-state index is 10.9. The van der Waals surface area contributed by atoms with Gasteiger partial charge in [-0.25, -0.2) is 0 Å². The highest BCUT2D eigenvalue weighted by Gasteiger charge is 2.17. The number of ether oxygens (including phenoxy) is 1. The van der Waals surface area contributed by atoms with Gasteiger partial charge in [-0.15, -0.1) is 0 Å². The molecule has 0 atom stereocenters. The Morgan fingerprint density at radius 1 is 1.37 bits per heavy atom. The van der Waals surface area contributed by atoms with Crippen LogP contribution in [-0.4, -0.2) is 31.9 Å². The first-order valence-electron chi connectivity index (χ1n) is 7.03. The number of aldehydes is 1. The zero-order chi connectivity index (χ0) is 13.7. The quantitative estimate of drug-likeness (QED) is 0.737. The number of rotatable bonds is 6. The second-order valence-electron chi connectivity index (χ2n) is 5.54. The van der Waals surface area contributed by atoms with Crippen LogP contribution in [0.15, 0.2) is 18.2 Å². The summed E-state index contributed by atoms with van der Waals surface area (Å²) >= 11 is 0. The minimum atomic E-state index is 0.713. The molecule has 1 saturated carbocycles. The van der Waals surface area contributed by atoms with Crippen molar-refractivity contribution in [2.24, 2.45) is 5.92 Å². The van der Waals surface area contributed by atoms with Gasteiger partial charge in [0, 0.05) is 24.2 Å². The highest BCUT2D eigenvalue weighted by atomic mass is 16.5. The highest BCUT2D eigenvalue weighted by Crippen LogP contribution is 2.26. The van der Waals surface area contributed by atoms with E-state index in [4.69, 9.17) is 4.74 Å². The fourth-order valence-electron chi connectivity index (χ4n) is 2.98. The van der Waals surface area contributed by atoms with E-state index < -0.39 is 0 Å². The van der Waals surface area contributed by atoms with Crippen molar-refractivity contribution >= 4 is 6.29 Å². The minimum absolute atomic E-state index is 0.713. The summed E-state index contributed by atoms with van der Waals surface area (Å²) in [7, 11) is 3.82. The lowest BCUT2D eigenvalue weighted by Gasteiger charge is -2.22. The molecular formula is C16H23NO2. The largest absolute Gasteiger partial charge is 0.496 e. The van der Waals surface area contributed by atoms with Crippen LogP contribution in [0.2, 0.25) is 0 Å². The van der Waals surface area contributed by atoms with Gasteiger partial charge in [0.25, 0.3) is 0 Å². The zero-order valence-electron chi connectivity index (χ0n) is 11.9. The smallest absolute Gasteiger partial charge is 0.150 e. The first-order valence-corrected chi connectivity index (χ1v) is 7.03. The SMILES string of the molecule is COc1ccc(C=O)cc1CN(C)CC1CCCC1. The molecule has 0 amide bonds. The average Bonchev–Trinajstić information content (AvgIpc) is 2.91. The molecule has 0 aliphatic heterocycles. The number of carbonyl (C=O) groups excluding carboxylic acids is 1. The Balaban J connectivity index is 2.01. The van der Waals surface area contributed by atoms with E-state index in [1.165, 1.54) is 25.7 Å². The van der Waals surface area contributed by atoms with E-state index in [1.54, 1.807) is 13.2 Å². The first-order chi connectivity index (χ1) is 9.22. The van der Waals surface area contributed by atoms with Crippen LogP contribution in [0, 0.1) is 5.92 Å². The van der Waals surface area contributed by atoms with Crippen molar-refractivity contribution in [3.05, 3.63) is 29.3 Å². The van der Waals surface area contributed by atoms with Crippen molar-refractivity contribution in [3.63, 3.8) is 0 Å². The lowest BCUT2D eigenvalue weighted by atomic mass is 10.1. The fourth-order valence-corrected chi connectivity index (χ4v) is 2.98. The molecule has 1 aromatic rings. The molecule has 2 rings (SSSR count). The lowest BCUT2D eigenvalue weighted by molar-refractivity contribution is 0.112. The maximum Gasteiger partial charge on any atom is 0.150 e. The second kappa shape index (κ2) is 6.71. The van der Waals surface area contributed by atoms with Crippen LogP contribution in [0.25, 0.3) is 0 Å². The summed E-state index contributed by atoms with van der Waals surface area (Å²) in [4.78, 5) is 13.2. The Bertz CT molecular complexity index is 425. The molecule has 0 aromatic heterocycles. The molecule has 0 heterocycles. The molecule has 1 fully saturated rings. The Labute approximate surface area is 115 Å². The standard InChI is InChI=1S/C16H23NO2/c1-17(10-13-5-3-4-6-13)11-15-9-14(12-18)7-8-16(15)19-2/h7-9,12-13H,3-6,10-11H2,1-2H3. The number of carbonyl (C=O) groups is 1. The van der Waals surface area contributed by atoms with Crippen LogP contribution >= 0.6 is 0 Å². The van der Waals surface area contributed by atoms with Gasteiger partial charge in [0.2, 0.25) is 0 Å². The third-order valence-corrected chi connectivity index (χ3v) is 3.93. The van der Waals surface area contributed by atoms with E-state index in [2.05, 4.69) is 11.9 Å². The van der Waals surface area contributed by atoms with Crippen molar-refractivity contribution in [1.82, 2.24) is 4.90 Å². The van der Waals surface area contributed by atoms with Crippen LogP contribution in [-0.2, 0) is 6.54 Å². The molecule has 0 spiro atoms. The van der Waals surface area contributed by atoms with Gasteiger partial charge in [-0.1, -0.05) is 12.8 Å². The van der Waals surface area contributed by atoms with E-state index in [9.17, 15) is 4.79 Å². The molecule has 3 nitrogen and oxygen atoms in total. The maximum absolute atomic E-state index is 10.9. The second-order valence-corrected chi connectivity index (χ2v) is 5.54. The van der Waals surface area contributed by atoms with E-state index in [0.717, 1.165) is 36.6 Å². The summed E-state index contributed by atoms with van der Waals surface area (Å²) in [6.45, 7) is 1.97. The van der Waals surface area contributed by atoms with Crippen LogP contribution in [0.4, 0.5) is 0 Å². The van der Waals surface area contributed by atoms with Gasteiger partial charge in [0.15, 0.2) is 0 Å². The molecule has 0 N–H and O–H groups in total. The van der Waals surface area contributed by atoms with E-state index in [1.807, 2.05) is 12.1 Å². The van der Waals surface area contributed by atoms with Crippen molar-refractivity contribution < 1.29 is 9.53 Å². The monoisotopic (exact) mass is 261 g/mol. The number of hydrogen-bond donors (Lipinski definition) is 0. The van der Waals surface area contributed by atoms with Crippen LogP contribution < -0.4 is 4.74 Å². The Kier molecular flexibility index (Phi) is 4.97. The normalized spacial score (nSPS) is 15.9. The predicted molar refractivity (Wildman–Crippen MR) is 76.7 cm³/mol. The van der Waals surface area contributed by atoms with E-state index in [-0.39, 0.29) is 0 Å². The van der Waals surface area contributed by atoms with Crippen LogP contribution in [0.5, 0.6) is 5.75 Å². The Morgan fingerprint density at radius 3 is 2.74 bits per heavy atom. The van der Waals surface area contributed by atoms with Crippen molar-refractivity contribution in [1.29, 1.82) is 0 Å². The predicted octanol–water partition coefficient (Wildman–Crippen LogP) is 3.13. The van der Waals surface area contributed by atoms with Gasteiger partial charge in [0.05, 0.1) is 7.11 Å². The van der Waals surface area contributed by atoms with Crippen LogP contribution in [0.1, 0.15) is 41.6 Å². The summed E-state index contributed by atoms with van der Waals surface area (Å²) in [6, 6.07) is 5.60. The Morgan fingerprint density at radius 2 is 2.11 bits per heavy atom. The van der Waals surface area contributed by atoms with Gasteiger partial charge in [-0.05, 0) is 44.0 Å². The molecule has 1 aromatic carbocycles. The number of nitrogens with zero attached hydrogens (tertiary/aromatic N) is 1. The van der Waals surface area contributed by atoms with Gasteiger partial charge in [0.1, 0.15) is 12.0 Å². The molecule has 19 heavy (non-hydrogen) atoms. The van der Waals surface area contributed by atoms with Crippen LogP contribution in [0.3, 0.4) is 0 Å². The Hall–Kier alpha value is -1.35. The van der Waals surface area contributed by atoms with Gasteiger partial charge in [-0.2, -0.15) is 0 Å². The molecule has 1 aliphatic rings.